The van der Waals surface area contributed by atoms with Crippen molar-refractivity contribution in [3.63, 3.8) is 0 Å². The summed E-state index contributed by atoms with van der Waals surface area (Å²) in [5, 5.41) is 0. The molecule has 0 amide bonds. The highest BCUT2D eigenvalue weighted by molar-refractivity contribution is 5.30. The smallest absolute Gasteiger partial charge is 0.00588 e. The van der Waals surface area contributed by atoms with E-state index in [9.17, 15) is 0 Å². The molecule has 3 radical (unpaired) electrons. The Bertz CT molecular complexity index is 373. The van der Waals surface area contributed by atoms with Crippen LogP contribution in [0.3, 0.4) is 0 Å². The summed E-state index contributed by atoms with van der Waals surface area (Å²) in [6.07, 6.45) is 0. The normalized spacial score (nSPS) is 14.4. The predicted octanol–water partition coefficient (Wildman–Crippen LogP) is 4.10. The SMILES string of the molecule is [CH]C(c1ccccc1)C([CH2])c1ccccc1. The highest BCUT2D eigenvalue weighted by Gasteiger charge is 2.15. The van der Waals surface area contributed by atoms with Gasteiger partial charge in [0.15, 0.2) is 0 Å². The monoisotopic (exact) mass is 207 g/mol. The summed E-state index contributed by atoms with van der Waals surface area (Å²) >= 11 is 0. The molecule has 0 nitrogen and oxygen atoms in total. The molecule has 0 saturated carbocycles. The molecule has 0 heteroatoms. The fourth-order valence-electron chi connectivity index (χ4n) is 1.82. The fraction of sp³-hybridized carbons (Fsp3) is 0.125. The van der Waals surface area contributed by atoms with E-state index in [2.05, 4.69) is 19.1 Å². The number of hydrogen-bond acceptors (Lipinski definition) is 0. The van der Waals surface area contributed by atoms with Crippen molar-refractivity contribution in [2.24, 2.45) is 0 Å². The molecule has 0 bridgehead atoms. The Morgan fingerprint density at radius 1 is 0.750 bits per heavy atom. The lowest BCUT2D eigenvalue weighted by Crippen LogP contribution is -2.05. The van der Waals surface area contributed by atoms with E-state index >= 15 is 0 Å². The minimum Gasteiger partial charge on any atom is -0.0622 e. The van der Waals surface area contributed by atoms with E-state index in [1.807, 2.05) is 48.5 Å². The Kier molecular flexibility index (Phi) is 3.40. The Labute approximate surface area is 97.9 Å². The van der Waals surface area contributed by atoms with E-state index in [1.54, 1.807) is 0 Å². The predicted molar refractivity (Wildman–Crippen MR) is 68.0 cm³/mol. The molecule has 0 spiro atoms. The van der Waals surface area contributed by atoms with Crippen LogP contribution >= 0.6 is 0 Å². The molecule has 0 aliphatic heterocycles. The topological polar surface area (TPSA) is 0 Å². The maximum atomic E-state index is 6.21. The van der Waals surface area contributed by atoms with Crippen LogP contribution in [0.15, 0.2) is 60.7 Å². The fourth-order valence-corrected chi connectivity index (χ4v) is 1.82. The minimum absolute atomic E-state index is 0.0522. The molecule has 2 aromatic rings. The highest BCUT2D eigenvalue weighted by Crippen LogP contribution is 2.31. The second kappa shape index (κ2) is 4.98. The molecule has 0 N–H and O–H groups in total. The van der Waals surface area contributed by atoms with E-state index < -0.39 is 0 Å². The minimum atomic E-state index is -0.0522. The van der Waals surface area contributed by atoms with Crippen LogP contribution in [0.1, 0.15) is 23.0 Å². The van der Waals surface area contributed by atoms with Gasteiger partial charge in [0.1, 0.15) is 0 Å². The maximum Gasteiger partial charge on any atom is -0.00588 e. The van der Waals surface area contributed by atoms with Gasteiger partial charge < -0.3 is 0 Å². The molecular weight excluding hydrogens is 192 g/mol. The zero-order chi connectivity index (χ0) is 11.4. The summed E-state index contributed by atoms with van der Waals surface area (Å²) in [4.78, 5) is 0. The average Bonchev–Trinajstić information content (AvgIpc) is 2.39. The zero-order valence-electron chi connectivity index (χ0n) is 9.21. The van der Waals surface area contributed by atoms with Crippen molar-refractivity contribution in [2.45, 2.75) is 11.8 Å². The van der Waals surface area contributed by atoms with Crippen molar-refractivity contribution in [1.82, 2.24) is 0 Å². The molecule has 0 aromatic heterocycles. The van der Waals surface area contributed by atoms with Gasteiger partial charge in [0.25, 0.3) is 0 Å². The second-order valence-electron chi connectivity index (χ2n) is 3.95. The Morgan fingerprint density at radius 2 is 1.19 bits per heavy atom. The quantitative estimate of drug-likeness (QED) is 0.710. The van der Waals surface area contributed by atoms with Crippen LogP contribution in [-0.4, -0.2) is 0 Å². The Balaban J connectivity index is 2.20. The van der Waals surface area contributed by atoms with Gasteiger partial charge in [-0.3, -0.25) is 0 Å². The molecule has 0 heterocycles. The Hall–Kier alpha value is -1.56. The molecule has 2 atom stereocenters. The van der Waals surface area contributed by atoms with E-state index in [0.29, 0.717) is 0 Å². The van der Waals surface area contributed by atoms with Crippen LogP contribution in [0, 0.1) is 13.8 Å². The maximum absolute atomic E-state index is 6.21. The van der Waals surface area contributed by atoms with E-state index in [-0.39, 0.29) is 11.8 Å². The van der Waals surface area contributed by atoms with Crippen LogP contribution in [0.2, 0.25) is 0 Å². The lowest BCUT2D eigenvalue weighted by atomic mass is 9.84. The van der Waals surface area contributed by atoms with E-state index in [0.717, 1.165) is 5.56 Å². The van der Waals surface area contributed by atoms with Crippen molar-refractivity contribution in [3.05, 3.63) is 85.6 Å². The average molecular weight is 207 g/mol. The van der Waals surface area contributed by atoms with Crippen molar-refractivity contribution >= 4 is 0 Å². The van der Waals surface area contributed by atoms with Crippen molar-refractivity contribution in [2.75, 3.05) is 0 Å². The second-order valence-corrected chi connectivity index (χ2v) is 3.95. The Morgan fingerprint density at radius 3 is 1.69 bits per heavy atom. The van der Waals surface area contributed by atoms with Gasteiger partial charge in [-0.2, -0.15) is 0 Å². The summed E-state index contributed by atoms with van der Waals surface area (Å²) in [5.74, 6) is 0.0344. The first-order valence-corrected chi connectivity index (χ1v) is 5.47. The molecule has 0 aliphatic rings. The van der Waals surface area contributed by atoms with Crippen LogP contribution in [0.5, 0.6) is 0 Å². The van der Waals surface area contributed by atoms with Gasteiger partial charge >= 0.3 is 0 Å². The third kappa shape index (κ3) is 2.33. The first-order chi connectivity index (χ1) is 7.79. The lowest BCUT2D eigenvalue weighted by molar-refractivity contribution is 0.731. The molecular formula is C16H15. The van der Waals surface area contributed by atoms with Gasteiger partial charge in [-0.25, -0.2) is 0 Å². The molecule has 2 aromatic carbocycles. The van der Waals surface area contributed by atoms with E-state index in [4.69, 9.17) is 6.92 Å². The van der Waals surface area contributed by atoms with Crippen molar-refractivity contribution < 1.29 is 0 Å². The highest BCUT2D eigenvalue weighted by atomic mass is 14.2. The number of benzene rings is 2. The third-order valence-corrected chi connectivity index (χ3v) is 2.85. The summed E-state index contributed by atoms with van der Waals surface area (Å²) < 4.78 is 0. The first-order valence-electron chi connectivity index (χ1n) is 5.47. The zero-order valence-corrected chi connectivity index (χ0v) is 9.21. The molecule has 0 aliphatic carbocycles. The largest absolute Gasteiger partial charge is 0.0622 e. The lowest BCUT2D eigenvalue weighted by Gasteiger charge is -2.20. The molecule has 16 heavy (non-hydrogen) atoms. The van der Waals surface area contributed by atoms with Gasteiger partial charge in [-0.1, -0.05) is 60.7 Å². The van der Waals surface area contributed by atoms with Gasteiger partial charge in [0, 0.05) is 0 Å². The molecule has 0 fully saturated rings. The van der Waals surface area contributed by atoms with Gasteiger partial charge in [0.2, 0.25) is 0 Å². The van der Waals surface area contributed by atoms with Gasteiger partial charge in [-0.05, 0) is 36.8 Å². The van der Waals surface area contributed by atoms with Crippen LogP contribution < -0.4 is 0 Å². The summed E-state index contributed by atoms with van der Waals surface area (Å²) in [6.45, 7) is 10.4. The third-order valence-electron chi connectivity index (χ3n) is 2.85. The van der Waals surface area contributed by atoms with Gasteiger partial charge in [-0.15, -0.1) is 0 Å². The number of hydrogen-bond donors (Lipinski definition) is 0. The standard InChI is InChI=1S/C16H15/c1-13(15-9-5-3-6-10-15)14(2)16-11-7-4-8-12-16/h1,3-14H,2H2. The number of rotatable bonds is 3. The van der Waals surface area contributed by atoms with Crippen molar-refractivity contribution in [1.29, 1.82) is 0 Å². The van der Waals surface area contributed by atoms with E-state index in [1.165, 1.54) is 5.56 Å². The van der Waals surface area contributed by atoms with Crippen molar-refractivity contribution in [3.8, 4) is 0 Å². The summed E-state index contributed by atoms with van der Waals surface area (Å²) in [6, 6.07) is 20.3. The molecule has 2 unspecified atom stereocenters. The van der Waals surface area contributed by atoms with Crippen LogP contribution in [-0.2, 0) is 0 Å². The van der Waals surface area contributed by atoms with Crippen LogP contribution in [0.25, 0.3) is 0 Å². The van der Waals surface area contributed by atoms with Gasteiger partial charge in [0.05, 0.1) is 0 Å². The molecule has 79 valence electrons. The van der Waals surface area contributed by atoms with Crippen LogP contribution in [0.4, 0.5) is 0 Å². The first kappa shape index (κ1) is 10.9. The summed E-state index contributed by atoms with van der Waals surface area (Å²) in [5.41, 5.74) is 2.31. The molecule has 2 rings (SSSR count). The molecule has 0 saturated heterocycles. The summed E-state index contributed by atoms with van der Waals surface area (Å²) in [7, 11) is 0.